The molecule has 4 nitrogen and oxygen atoms in total. The first-order valence-electron chi connectivity index (χ1n) is 10.8. The Kier molecular flexibility index (Phi) is 13.5. The van der Waals surface area contributed by atoms with Crippen LogP contribution in [0.4, 0.5) is 0 Å². The van der Waals surface area contributed by atoms with Crippen molar-refractivity contribution >= 4 is 23.6 Å². The quantitative estimate of drug-likeness (QED) is 0.316. The number of primary amides is 1. The Morgan fingerprint density at radius 1 is 0.964 bits per heavy atom. The number of hydrogen-bond acceptors (Lipinski definition) is 3. The number of carboxylic acid groups (broad SMARTS) is 1. The first kappa shape index (κ1) is 24.5. The largest absolute Gasteiger partial charge is 0.480 e. The Morgan fingerprint density at radius 3 is 2.11 bits per heavy atom. The predicted octanol–water partition coefficient (Wildman–Crippen LogP) is 5.88. The Balaban J connectivity index is 2.39. The van der Waals surface area contributed by atoms with Gasteiger partial charge in [-0.25, -0.2) is 0 Å². The summed E-state index contributed by atoms with van der Waals surface area (Å²) in [5, 5.41) is 8.99. The molecule has 1 amide bonds. The third kappa shape index (κ3) is 10.7. The third-order valence-corrected chi connectivity index (χ3v) is 6.22. The molecule has 1 unspecified atom stereocenters. The van der Waals surface area contributed by atoms with Gasteiger partial charge in [-0.3, -0.25) is 9.59 Å². The highest BCUT2D eigenvalue weighted by molar-refractivity contribution is 8.00. The van der Waals surface area contributed by atoms with Crippen LogP contribution in [0.15, 0.2) is 24.3 Å². The van der Waals surface area contributed by atoms with Gasteiger partial charge in [0.25, 0.3) is 0 Å². The number of carbonyl (C=O) groups is 2. The van der Waals surface area contributed by atoms with E-state index in [1.54, 1.807) is 0 Å². The summed E-state index contributed by atoms with van der Waals surface area (Å²) in [5.41, 5.74) is 7.14. The summed E-state index contributed by atoms with van der Waals surface area (Å²) >= 11 is 1.28. The number of aryl methyl sites for hydroxylation is 1. The van der Waals surface area contributed by atoms with E-state index >= 15 is 0 Å². The van der Waals surface area contributed by atoms with E-state index in [2.05, 4.69) is 6.92 Å². The van der Waals surface area contributed by atoms with Gasteiger partial charge in [0.05, 0.1) is 0 Å². The molecule has 0 radical (unpaired) electrons. The normalized spacial score (nSPS) is 12.0. The lowest BCUT2D eigenvalue weighted by molar-refractivity contribution is -0.136. The van der Waals surface area contributed by atoms with Crippen LogP contribution in [0.1, 0.15) is 93.9 Å². The standard InChI is InChI=1S/C23H37NO3S/c1-2-3-4-5-6-7-8-9-10-11-14-19-15-12-13-16-20(19)22(23(26)27)28-18-17-21(24)25/h12-13,15-16,22H,2-11,14,17-18H2,1H3,(H2,24,25)(H,26,27). The fourth-order valence-electron chi connectivity index (χ4n) is 3.39. The van der Waals surface area contributed by atoms with Gasteiger partial charge >= 0.3 is 5.97 Å². The summed E-state index contributed by atoms with van der Waals surface area (Å²) in [6.07, 6.45) is 14.0. The zero-order valence-electron chi connectivity index (χ0n) is 17.3. The van der Waals surface area contributed by atoms with Gasteiger partial charge in [-0.2, -0.15) is 0 Å². The lowest BCUT2D eigenvalue weighted by Gasteiger charge is -2.16. The number of unbranched alkanes of at least 4 members (excludes halogenated alkanes) is 9. The number of carbonyl (C=O) groups excluding carboxylic acids is 1. The molecule has 0 fully saturated rings. The van der Waals surface area contributed by atoms with Crippen molar-refractivity contribution in [3.05, 3.63) is 35.4 Å². The van der Waals surface area contributed by atoms with E-state index in [1.165, 1.54) is 69.5 Å². The Labute approximate surface area is 174 Å². The molecule has 1 aromatic rings. The number of nitrogens with two attached hydrogens (primary N) is 1. The Morgan fingerprint density at radius 2 is 1.54 bits per heavy atom. The van der Waals surface area contributed by atoms with Gasteiger partial charge in [-0.15, -0.1) is 11.8 Å². The number of hydrogen-bond donors (Lipinski definition) is 2. The van der Waals surface area contributed by atoms with Crippen molar-refractivity contribution in [3.8, 4) is 0 Å². The molecule has 0 aromatic heterocycles. The van der Waals surface area contributed by atoms with Gasteiger partial charge in [0.2, 0.25) is 5.91 Å². The fraction of sp³-hybridized carbons (Fsp3) is 0.652. The lowest BCUT2D eigenvalue weighted by Crippen LogP contribution is -2.14. The summed E-state index contributed by atoms with van der Waals surface area (Å²) < 4.78 is 0. The van der Waals surface area contributed by atoms with E-state index < -0.39 is 17.1 Å². The van der Waals surface area contributed by atoms with Crippen LogP contribution in [0, 0.1) is 0 Å². The van der Waals surface area contributed by atoms with Crippen LogP contribution in [0.2, 0.25) is 0 Å². The van der Waals surface area contributed by atoms with Crippen molar-refractivity contribution in [2.24, 2.45) is 5.73 Å². The number of benzene rings is 1. The lowest BCUT2D eigenvalue weighted by atomic mass is 9.98. The van der Waals surface area contributed by atoms with Crippen molar-refractivity contribution in [1.82, 2.24) is 0 Å². The number of aliphatic carboxylic acids is 1. The van der Waals surface area contributed by atoms with Gasteiger partial charge in [0.1, 0.15) is 5.25 Å². The van der Waals surface area contributed by atoms with Crippen LogP contribution >= 0.6 is 11.8 Å². The molecule has 5 heteroatoms. The minimum Gasteiger partial charge on any atom is -0.480 e. The van der Waals surface area contributed by atoms with Crippen molar-refractivity contribution < 1.29 is 14.7 Å². The molecule has 0 bridgehead atoms. The van der Waals surface area contributed by atoms with E-state index in [9.17, 15) is 14.7 Å². The first-order chi connectivity index (χ1) is 13.6. The molecule has 1 atom stereocenters. The zero-order chi connectivity index (χ0) is 20.6. The van der Waals surface area contributed by atoms with Crippen LogP contribution in [0.25, 0.3) is 0 Å². The molecule has 0 aliphatic carbocycles. The number of rotatable bonds is 17. The van der Waals surface area contributed by atoms with Gasteiger partial charge < -0.3 is 10.8 Å². The highest BCUT2D eigenvalue weighted by Gasteiger charge is 2.22. The second-order valence-electron chi connectivity index (χ2n) is 7.44. The van der Waals surface area contributed by atoms with Crippen molar-refractivity contribution in [3.63, 3.8) is 0 Å². The molecule has 0 saturated carbocycles. The first-order valence-corrected chi connectivity index (χ1v) is 11.8. The van der Waals surface area contributed by atoms with Crippen molar-refractivity contribution in [2.45, 2.75) is 89.2 Å². The average Bonchev–Trinajstić information content (AvgIpc) is 2.67. The van der Waals surface area contributed by atoms with E-state index in [-0.39, 0.29) is 6.42 Å². The maximum Gasteiger partial charge on any atom is 0.321 e. The SMILES string of the molecule is CCCCCCCCCCCCc1ccccc1C(SCCC(N)=O)C(=O)O. The molecule has 0 heterocycles. The topological polar surface area (TPSA) is 80.4 Å². The van der Waals surface area contributed by atoms with Crippen molar-refractivity contribution in [1.29, 1.82) is 0 Å². The molecular formula is C23H37NO3S. The second kappa shape index (κ2) is 15.4. The molecular weight excluding hydrogens is 370 g/mol. The number of thioether (sulfide) groups is 1. The summed E-state index contributed by atoms with van der Waals surface area (Å²) in [4.78, 5) is 22.7. The highest BCUT2D eigenvalue weighted by Crippen LogP contribution is 2.32. The fourth-order valence-corrected chi connectivity index (χ4v) is 4.50. The molecule has 3 N–H and O–H groups in total. The van der Waals surface area contributed by atoms with Crippen LogP contribution in [0.5, 0.6) is 0 Å². The van der Waals surface area contributed by atoms with E-state index in [0.717, 1.165) is 24.0 Å². The predicted molar refractivity (Wildman–Crippen MR) is 119 cm³/mol. The third-order valence-electron chi connectivity index (χ3n) is 4.99. The minimum absolute atomic E-state index is 0.203. The molecule has 28 heavy (non-hydrogen) atoms. The molecule has 0 aliphatic rings. The molecule has 0 spiro atoms. The second-order valence-corrected chi connectivity index (χ2v) is 8.65. The van der Waals surface area contributed by atoms with Gasteiger partial charge in [-0.1, -0.05) is 89.0 Å². The van der Waals surface area contributed by atoms with Gasteiger partial charge in [0.15, 0.2) is 0 Å². The van der Waals surface area contributed by atoms with Crippen LogP contribution in [0.3, 0.4) is 0 Å². The van der Waals surface area contributed by atoms with Gasteiger partial charge in [0, 0.05) is 12.2 Å². The van der Waals surface area contributed by atoms with Crippen molar-refractivity contribution in [2.75, 3.05) is 5.75 Å². The summed E-state index contributed by atoms with van der Waals surface area (Å²) in [5.74, 6) is -0.820. The number of carboxylic acids is 1. The summed E-state index contributed by atoms with van der Waals surface area (Å²) in [6, 6.07) is 7.80. The number of amides is 1. The maximum absolute atomic E-state index is 11.7. The molecule has 158 valence electrons. The van der Waals surface area contributed by atoms with E-state index in [4.69, 9.17) is 5.73 Å². The molecule has 0 saturated heterocycles. The minimum atomic E-state index is -0.856. The van der Waals surface area contributed by atoms with Crippen LogP contribution < -0.4 is 5.73 Å². The van der Waals surface area contributed by atoms with Crippen LogP contribution in [-0.4, -0.2) is 22.7 Å². The molecule has 0 aliphatic heterocycles. The average molecular weight is 408 g/mol. The monoisotopic (exact) mass is 407 g/mol. The van der Waals surface area contributed by atoms with Crippen LogP contribution in [-0.2, 0) is 16.0 Å². The van der Waals surface area contributed by atoms with E-state index in [1.807, 2.05) is 24.3 Å². The van der Waals surface area contributed by atoms with Gasteiger partial charge in [-0.05, 0) is 24.0 Å². The Hall–Kier alpha value is -1.49. The van der Waals surface area contributed by atoms with E-state index in [0.29, 0.717) is 5.75 Å². The summed E-state index contributed by atoms with van der Waals surface area (Å²) in [7, 11) is 0. The molecule has 1 rings (SSSR count). The highest BCUT2D eigenvalue weighted by atomic mass is 32.2. The zero-order valence-corrected chi connectivity index (χ0v) is 18.1. The maximum atomic E-state index is 11.7. The summed E-state index contributed by atoms with van der Waals surface area (Å²) in [6.45, 7) is 2.25. The Bertz CT molecular complexity index is 577. The molecule has 1 aromatic carbocycles. The smallest absolute Gasteiger partial charge is 0.321 e.